The number of nitriles is 1. The lowest BCUT2D eigenvalue weighted by atomic mass is 10.0. The summed E-state index contributed by atoms with van der Waals surface area (Å²) in [5, 5.41) is 9.76. The molecule has 0 unspecified atom stereocenters. The first-order valence-corrected chi connectivity index (χ1v) is 8.95. The molecule has 0 fully saturated rings. The number of carbonyl (C=O) groups is 1. The van der Waals surface area contributed by atoms with E-state index in [1.807, 2.05) is 0 Å². The molecule has 3 rings (SSSR count). The van der Waals surface area contributed by atoms with E-state index in [1.54, 1.807) is 12.1 Å². The van der Waals surface area contributed by atoms with Gasteiger partial charge in [0.05, 0.1) is 18.2 Å². The van der Waals surface area contributed by atoms with Gasteiger partial charge in [-0.25, -0.2) is 4.79 Å². The number of nitrogen functional groups attached to an aromatic ring is 1. The monoisotopic (exact) mass is 416 g/mol. The Kier molecular flexibility index (Phi) is 5.48. The van der Waals surface area contributed by atoms with Crippen molar-refractivity contribution in [1.29, 1.82) is 5.26 Å². The molecule has 1 aliphatic heterocycles. The zero-order valence-electron chi connectivity index (χ0n) is 15.7. The molecule has 0 bridgehead atoms. The Morgan fingerprint density at radius 2 is 1.93 bits per heavy atom. The third-order valence-corrected chi connectivity index (χ3v) is 4.72. The molecule has 29 heavy (non-hydrogen) atoms. The van der Waals surface area contributed by atoms with Gasteiger partial charge in [0, 0.05) is 20.5 Å². The molecule has 2 N–H and O–H groups in total. The van der Waals surface area contributed by atoms with E-state index in [0.29, 0.717) is 36.7 Å². The van der Waals surface area contributed by atoms with Crippen molar-refractivity contribution in [2.24, 2.45) is 14.1 Å². The number of benzene rings is 1. The summed E-state index contributed by atoms with van der Waals surface area (Å²) in [7, 11) is 2.55. The summed E-state index contributed by atoms with van der Waals surface area (Å²) in [6, 6.07) is 4.87. The van der Waals surface area contributed by atoms with Crippen LogP contribution in [0.25, 0.3) is 6.08 Å². The van der Waals surface area contributed by atoms with E-state index in [0.717, 1.165) is 9.13 Å². The second kappa shape index (κ2) is 7.85. The number of fused-ring (bicyclic) bond motifs is 1. The number of ether oxygens (including phenoxy) is 2. The number of nitrogens with two attached hydrogens (primary N) is 1. The molecule has 0 atom stereocenters. The normalized spacial score (nSPS) is 13.5. The van der Waals surface area contributed by atoms with Gasteiger partial charge in [0.1, 0.15) is 23.0 Å². The van der Waals surface area contributed by atoms with Crippen LogP contribution in [0, 0.1) is 11.3 Å². The first-order chi connectivity index (χ1) is 13.8. The average molecular weight is 417 g/mol. The lowest BCUT2D eigenvalue weighted by molar-refractivity contribution is 0.103. The molecule has 150 valence electrons. The summed E-state index contributed by atoms with van der Waals surface area (Å²) in [6.45, 7) is 0.893. The molecule has 0 aliphatic carbocycles. The van der Waals surface area contributed by atoms with Crippen molar-refractivity contribution in [3.8, 4) is 17.6 Å². The fourth-order valence-electron chi connectivity index (χ4n) is 2.86. The van der Waals surface area contributed by atoms with Crippen molar-refractivity contribution >= 4 is 29.3 Å². The molecule has 0 amide bonds. The molecule has 1 aromatic carbocycles. The molecule has 1 aromatic heterocycles. The van der Waals surface area contributed by atoms with Crippen molar-refractivity contribution in [1.82, 2.24) is 9.13 Å². The zero-order chi connectivity index (χ0) is 21.3. The Morgan fingerprint density at radius 1 is 1.24 bits per heavy atom. The van der Waals surface area contributed by atoms with Gasteiger partial charge in [0.25, 0.3) is 5.56 Å². The molecule has 1 aliphatic rings. The Labute approximate surface area is 170 Å². The van der Waals surface area contributed by atoms with E-state index in [2.05, 4.69) is 0 Å². The number of anilines is 1. The highest BCUT2D eigenvalue weighted by molar-refractivity contribution is 6.32. The third kappa shape index (κ3) is 3.62. The highest BCUT2D eigenvalue weighted by atomic mass is 35.5. The van der Waals surface area contributed by atoms with Crippen LogP contribution < -0.4 is 26.5 Å². The van der Waals surface area contributed by atoms with Crippen LogP contribution in [0.4, 0.5) is 5.82 Å². The van der Waals surface area contributed by atoms with E-state index in [1.165, 1.54) is 26.2 Å². The molecule has 9 nitrogen and oxygen atoms in total. The van der Waals surface area contributed by atoms with E-state index in [4.69, 9.17) is 26.8 Å². The van der Waals surface area contributed by atoms with Crippen LogP contribution in [0.3, 0.4) is 0 Å². The van der Waals surface area contributed by atoms with Crippen LogP contribution in [0.15, 0.2) is 27.3 Å². The van der Waals surface area contributed by atoms with Crippen LogP contribution in [-0.4, -0.2) is 28.1 Å². The highest BCUT2D eigenvalue weighted by Gasteiger charge is 2.24. The second-order valence-corrected chi connectivity index (χ2v) is 6.75. The lowest BCUT2D eigenvalue weighted by Gasteiger charge is -2.11. The largest absolute Gasteiger partial charge is 0.489 e. The van der Waals surface area contributed by atoms with Crippen LogP contribution in [0.2, 0.25) is 5.02 Å². The summed E-state index contributed by atoms with van der Waals surface area (Å²) >= 11 is 6.24. The maximum Gasteiger partial charge on any atom is 0.332 e. The number of Topliss-reactive ketones (excluding diaryl/α,β-unsaturated/α-hetero) is 1. The number of carbonyl (C=O) groups excluding carboxylic acids is 1. The number of rotatable bonds is 3. The number of halogens is 1. The van der Waals surface area contributed by atoms with Crippen LogP contribution in [-0.2, 0) is 14.1 Å². The van der Waals surface area contributed by atoms with Gasteiger partial charge >= 0.3 is 5.69 Å². The van der Waals surface area contributed by atoms with Gasteiger partial charge in [-0.3, -0.25) is 18.7 Å². The van der Waals surface area contributed by atoms with E-state index >= 15 is 0 Å². The van der Waals surface area contributed by atoms with Gasteiger partial charge in [-0.05, 0) is 23.8 Å². The van der Waals surface area contributed by atoms with Gasteiger partial charge in [0.15, 0.2) is 11.5 Å². The molecular formula is C19H17ClN4O5. The van der Waals surface area contributed by atoms with Crippen LogP contribution in [0.1, 0.15) is 22.3 Å². The second-order valence-electron chi connectivity index (χ2n) is 6.35. The minimum Gasteiger partial charge on any atom is -0.489 e. The summed E-state index contributed by atoms with van der Waals surface area (Å²) < 4.78 is 12.9. The van der Waals surface area contributed by atoms with Crippen molar-refractivity contribution < 1.29 is 14.3 Å². The Hall–Kier alpha value is -3.51. The smallest absolute Gasteiger partial charge is 0.332 e. The SMILES string of the molecule is Cn1c(N)c(C(=O)/C(C#N)=C/c2cc(Cl)c3c(c2)OCCCO3)c(=O)n(C)c1=O. The average Bonchev–Trinajstić information content (AvgIpc) is 2.95. The Bertz CT molecular complexity index is 1200. The molecule has 0 spiro atoms. The maximum atomic E-state index is 12.9. The van der Waals surface area contributed by atoms with E-state index < -0.39 is 22.6 Å². The fourth-order valence-corrected chi connectivity index (χ4v) is 3.13. The quantitative estimate of drug-likeness (QED) is 0.453. The fraction of sp³-hybridized carbons (Fsp3) is 0.263. The Morgan fingerprint density at radius 3 is 2.62 bits per heavy atom. The minimum absolute atomic E-state index is 0.262. The summed E-state index contributed by atoms with van der Waals surface area (Å²) in [6.07, 6.45) is 1.96. The molecule has 10 heteroatoms. The van der Waals surface area contributed by atoms with Gasteiger partial charge in [-0.15, -0.1) is 0 Å². The lowest BCUT2D eigenvalue weighted by Crippen LogP contribution is -2.41. The number of allylic oxidation sites excluding steroid dienone is 1. The number of nitrogens with zero attached hydrogens (tertiary/aromatic N) is 3. The number of aromatic nitrogens is 2. The van der Waals surface area contributed by atoms with Gasteiger partial charge < -0.3 is 15.2 Å². The molecule has 2 aromatic rings. The first-order valence-electron chi connectivity index (χ1n) is 8.57. The van der Waals surface area contributed by atoms with Crippen molar-refractivity contribution in [2.45, 2.75) is 6.42 Å². The highest BCUT2D eigenvalue weighted by Crippen LogP contribution is 2.38. The minimum atomic E-state index is -0.899. The summed E-state index contributed by atoms with van der Waals surface area (Å²) in [5.74, 6) is -0.434. The van der Waals surface area contributed by atoms with Crippen LogP contribution >= 0.6 is 11.6 Å². The molecule has 0 saturated heterocycles. The Balaban J connectivity index is 2.11. The van der Waals surface area contributed by atoms with Gasteiger partial charge in [-0.1, -0.05) is 11.6 Å². The summed E-state index contributed by atoms with van der Waals surface area (Å²) in [5.41, 5.74) is 3.85. The standard InChI is InChI=1S/C19H17ClN4O5/c1-23-17(22)14(18(26)24(2)19(23)27)15(25)11(9-21)6-10-7-12(20)16-13(8-10)28-4-3-5-29-16/h6-8H,3-5,22H2,1-2H3/b11-6+. The number of hydrogen-bond acceptors (Lipinski definition) is 7. The van der Waals surface area contributed by atoms with Crippen molar-refractivity contribution in [3.05, 3.63) is 54.7 Å². The zero-order valence-corrected chi connectivity index (χ0v) is 16.4. The maximum absolute atomic E-state index is 12.9. The van der Waals surface area contributed by atoms with Crippen molar-refractivity contribution in [3.63, 3.8) is 0 Å². The van der Waals surface area contributed by atoms with Gasteiger partial charge in [0.2, 0.25) is 5.78 Å². The molecule has 0 radical (unpaired) electrons. The molecular weight excluding hydrogens is 400 g/mol. The molecule has 0 saturated carbocycles. The van der Waals surface area contributed by atoms with Gasteiger partial charge in [-0.2, -0.15) is 5.26 Å². The van der Waals surface area contributed by atoms with Crippen LogP contribution in [0.5, 0.6) is 11.5 Å². The van der Waals surface area contributed by atoms with E-state index in [9.17, 15) is 19.6 Å². The summed E-state index contributed by atoms with van der Waals surface area (Å²) in [4.78, 5) is 37.2. The number of ketones is 1. The molecule has 2 heterocycles. The predicted molar refractivity (Wildman–Crippen MR) is 106 cm³/mol. The topological polar surface area (TPSA) is 129 Å². The first kappa shape index (κ1) is 20.2. The van der Waals surface area contributed by atoms with Crippen molar-refractivity contribution in [2.75, 3.05) is 18.9 Å². The third-order valence-electron chi connectivity index (χ3n) is 4.44. The predicted octanol–water partition coefficient (Wildman–Crippen LogP) is 1.27. The van der Waals surface area contributed by atoms with E-state index in [-0.39, 0.29) is 16.4 Å². The number of hydrogen-bond donors (Lipinski definition) is 1.